The first-order valence-corrected chi connectivity index (χ1v) is 10.4. The van der Waals surface area contributed by atoms with Crippen molar-refractivity contribution in [1.82, 2.24) is 15.2 Å². The van der Waals surface area contributed by atoms with E-state index in [2.05, 4.69) is 27.3 Å². The van der Waals surface area contributed by atoms with Crippen molar-refractivity contribution in [3.63, 3.8) is 0 Å². The number of amides is 1. The summed E-state index contributed by atoms with van der Waals surface area (Å²) in [6.45, 7) is 5.31. The van der Waals surface area contributed by atoms with Crippen molar-refractivity contribution in [2.24, 2.45) is 11.8 Å². The molecule has 152 valence electrons. The highest BCUT2D eigenvalue weighted by Gasteiger charge is 2.62. The van der Waals surface area contributed by atoms with Crippen LogP contribution in [0.1, 0.15) is 34.6 Å². The van der Waals surface area contributed by atoms with Gasteiger partial charge in [0, 0.05) is 49.3 Å². The maximum Gasteiger partial charge on any atom is 0.251 e. The summed E-state index contributed by atoms with van der Waals surface area (Å²) in [5.41, 5.74) is 2.41. The molecule has 3 aliphatic heterocycles. The van der Waals surface area contributed by atoms with Gasteiger partial charge in [-0.25, -0.2) is 4.39 Å². The van der Waals surface area contributed by atoms with Crippen LogP contribution in [0.5, 0.6) is 0 Å². The van der Waals surface area contributed by atoms with Gasteiger partial charge in [-0.2, -0.15) is 0 Å². The molecule has 0 unspecified atom stereocenters. The summed E-state index contributed by atoms with van der Waals surface area (Å²) in [5, 5.41) is 3.02. The highest BCUT2D eigenvalue weighted by atomic mass is 19.1. The molecule has 6 heteroatoms. The molecule has 2 aromatic rings. The number of ether oxygens (including phenoxy) is 1. The molecule has 1 N–H and O–H groups in total. The fraction of sp³-hybridized carbons (Fsp3) is 0.478. The van der Waals surface area contributed by atoms with E-state index >= 15 is 0 Å². The third kappa shape index (κ3) is 3.45. The van der Waals surface area contributed by atoms with Gasteiger partial charge in [0.25, 0.3) is 5.91 Å². The van der Waals surface area contributed by atoms with Gasteiger partial charge in [0.2, 0.25) is 0 Å². The van der Waals surface area contributed by atoms with Crippen molar-refractivity contribution < 1.29 is 13.9 Å². The van der Waals surface area contributed by atoms with E-state index in [0.717, 1.165) is 43.9 Å². The zero-order valence-electron chi connectivity index (χ0n) is 16.6. The fourth-order valence-corrected chi connectivity index (χ4v) is 5.54. The minimum atomic E-state index is -0.393. The van der Waals surface area contributed by atoms with E-state index in [1.807, 2.05) is 13.0 Å². The van der Waals surface area contributed by atoms with Crippen LogP contribution in [0.25, 0.3) is 0 Å². The van der Waals surface area contributed by atoms with Gasteiger partial charge in [0.05, 0.1) is 17.4 Å². The highest BCUT2D eigenvalue weighted by molar-refractivity contribution is 5.94. The summed E-state index contributed by atoms with van der Waals surface area (Å²) in [4.78, 5) is 19.5. The zero-order chi connectivity index (χ0) is 20.0. The number of likely N-dealkylation sites (tertiary alicyclic amines) is 1. The van der Waals surface area contributed by atoms with Crippen molar-refractivity contribution in [2.75, 3.05) is 19.6 Å². The van der Waals surface area contributed by atoms with Crippen LogP contribution in [0.3, 0.4) is 0 Å². The van der Waals surface area contributed by atoms with Gasteiger partial charge >= 0.3 is 0 Å². The number of halogens is 1. The van der Waals surface area contributed by atoms with Gasteiger partial charge in [0.15, 0.2) is 0 Å². The molecule has 5 rings (SSSR count). The Bertz CT molecular complexity index is 936. The Kier molecular flexibility index (Phi) is 4.63. The van der Waals surface area contributed by atoms with E-state index in [0.29, 0.717) is 23.9 Å². The molecule has 29 heavy (non-hydrogen) atoms. The van der Waals surface area contributed by atoms with Crippen LogP contribution in [-0.4, -0.2) is 47.1 Å². The minimum absolute atomic E-state index is 0.0806. The first kappa shape index (κ1) is 18.7. The van der Waals surface area contributed by atoms with E-state index in [4.69, 9.17) is 4.74 Å². The lowest BCUT2D eigenvalue weighted by atomic mass is 9.73. The molecular formula is C23H26FN3O2. The summed E-state index contributed by atoms with van der Waals surface area (Å²) in [6, 6.07) is 12.0. The normalized spacial score (nSPS) is 30.5. The fourth-order valence-electron chi connectivity index (χ4n) is 5.54. The second-order valence-electron chi connectivity index (χ2n) is 8.69. The van der Waals surface area contributed by atoms with E-state index in [9.17, 15) is 9.18 Å². The maximum absolute atomic E-state index is 13.4. The summed E-state index contributed by atoms with van der Waals surface area (Å²) in [7, 11) is 0. The number of carbonyl (C=O) groups is 1. The lowest BCUT2D eigenvalue weighted by molar-refractivity contribution is 0.00203. The molecular weight excluding hydrogens is 369 g/mol. The SMILES string of the molecule is Cc1cccc(CN2C[C@@H]3[C@H](CNC(=O)c4cccc(F)c4)[C@H]4CC[C@]3(C2)O4)n1. The average Bonchev–Trinajstić information content (AvgIpc) is 3.34. The highest BCUT2D eigenvalue weighted by Crippen LogP contribution is 2.54. The third-order valence-electron chi connectivity index (χ3n) is 6.77. The molecule has 2 bridgehead atoms. The van der Waals surface area contributed by atoms with Crippen LogP contribution in [0, 0.1) is 24.6 Å². The first-order chi connectivity index (χ1) is 14.0. The predicted molar refractivity (Wildman–Crippen MR) is 107 cm³/mol. The Morgan fingerprint density at radius 1 is 1.34 bits per heavy atom. The molecule has 1 aromatic carbocycles. The van der Waals surface area contributed by atoms with Gasteiger partial charge in [-0.05, 0) is 50.1 Å². The molecule has 3 saturated heterocycles. The molecule has 3 fully saturated rings. The first-order valence-electron chi connectivity index (χ1n) is 10.4. The summed E-state index contributed by atoms with van der Waals surface area (Å²) >= 11 is 0. The molecule has 1 aromatic heterocycles. The van der Waals surface area contributed by atoms with Crippen molar-refractivity contribution in [3.8, 4) is 0 Å². The number of hydrogen-bond acceptors (Lipinski definition) is 4. The topological polar surface area (TPSA) is 54.5 Å². The minimum Gasteiger partial charge on any atom is -0.370 e. The summed E-state index contributed by atoms with van der Waals surface area (Å²) in [6.07, 6.45) is 2.36. The maximum atomic E-state index is 13.4. The van der Waals surface area contributed by atoms with Crippen LogP contribution >= 0.6 is 0 Å². The van der Waals surface area contributed by atoms with Crippen LogP contribution in [0.4, 0.5) is 4.39 Å². The molecule has 1 spiro atoms. The van der Waals surface area contributed by atoms with Crippen LogP contribution in [0.2, 0.25) is 0 Å². The molecule has 4 heterocycles. The van der Waals surface area contributed by atoms with E-state index in [-0.39, 0.29) is 17.6 Å². The Morgan fingerprint density at radius 2 is 2.21 bits per heavy atom. The van der Waals surface area contributed by atoms with Gasteiger partial charge in [-0.1, -0.05) is 12.1 Å². The predicted octanol–water partition coefficient (Wildman–Crippen LogP) is 2.94. The van der Waals surface area contributed by atoms with Crippen LogP contribution < -0.4 is 5.32 Å². The van der Waals surface area contributed by atoms with Crippen LogP contribution in [0.15, 0.2) is 42.5 Å². The number of hydrogen-bond donors (Lipinski definition) is 1. The zero-order valence-corrected chi connectivity index (χ0v) is 16.6. The van der Waals surface area contributed by atoms with Crippen molar-refractivity contribution in [1.29, 1.82) is 0 Å². The number of aryl methyl sites for hydroxylation is 1. The second kappa shape index (κ2) is 7.18. The molecule has 0 saturated carbocycles. The number of fused-ring (bicyclic) bond motifs is 1. The van der Waals surface area contributed by atoms with Gasteiger partial charge < -0.3 is 10.1 Å². The number of nitrogens with zero attached hydrogens (tertiary/aromatic N) is 2. The molecule has 0 radical (unpaired) electrons. The van der Waals surface area contributed by atoms with Crippen molar-refractivity contribution >= 4 is 5.91 Å². The number of nitrogens with one attached hydrogen (secondary N) is 1. The molecule has 1 amide bonds. The second-order valence-corrected chi connectivity index (χ2v) is 8.69. The van der Waals surface area contributed by atoms with E-state index < -0.39 is 5.82 Å². The Morgan fingerprint density at radius 3 is 3.03 bits per heavy atom. The molecule has 3 aliphatic rings. The lowest BCUT2D eigenvalue weighted by Gasteiger charge is -2.29. The average molecular weight is 395 g/mol. The van der Waals surface area contributed by atoms with E-state index in [1.54, 1.807) is 12.1 Å². The van der Waals surface area contributed by atoms with E-state index in [1.165, 1.54) is 12.1 Å². The summed E-state index contributed by atoms with van der Waals surface area (Å²) < 4.78 is 19.9. The molecule has 5 nitrogen and oxygen atoms in total. The van der Waals surface area contributed by atoms with Crippen molar-refractivity contribution in [2.45, 2.75) is 38.0 Å². The number of aromatic nitrogens is 1. The number of carbonyl (C=O) groups excluding carboxylic acids is 1. The van der Waals surface area contributed by atoms with Crippen LogP contribution in [-0.2, 0) is 11.3 Å². The monoisotopic (exact) mass is 395 g/mol. The third-order valence-corrected chi connectivity index (χ3v) is 6.77. The van der Waals surface area contributed by atoms with Gasteiger partial charge in [-0.15, -0.1) is 0 Å². The molecule has 4 atom stereocenters. The van der Waals surface area contributed by atoms with Gasteiger partial charge in [0.1, 0.15) is 5.82 Å². The van der Waals surface area contributed by atoms with Crippen molar-refractivity contribution in [3.05, 3.63) is 65.2 Å². The van der Waals surface area contributed by atoms with Gasteiger partial charge in [-0.3, -0.25) is 14.7 Å². The number of pyridine rings is 1. The number of benzene rings is 1. The molecule has 0 aliphatic carbocycles. The Hall–Kier alpha value is -2.31. The standard InChI is InChI=1S/C23H26FN3O2/c1-15-4-2-7-18(26-15)12-27-13-20-19(21-8-9-23(20,14-27)29-21)11-25-22(28)16-5-3-6-17(24)10-16/h2-7,10,19-21H,8-9,11-14H2,1H3,(H,25,28)/t19-,20+,21+,23+/m0/s1. The lowest BCUT2D eigenvalue weighted by Crippen LogP contribution is -2.41. The Labute approximate surface area is 170 Å². The quantitative estimate of drug-likeness (QED) is 0.846. The Balaban J connectivity index is 1.25. The largest absolute Gasteiger partial charge is 0.370 e. The summed E-state index contributed by atoms with van der Waals surface area (Å²) in [5.74, 6) is 0.104. The smallest absolute Gasteiger partial charge is 0.251 e. The number of rotatable bonds is 5.